The van der Waals surface area contributed by atoms with Gasteiger partial charge >= 0.3 is 0 Å². The van der Waals surface area contributed by atoms with E-state index >= 15 is 0 Å². The third kappa shape index (κ3) is 4.46. The maximum absolute atomic E-state index is 5.35. The summed E-state index contributed by atoms with van der Waals surface area (Å²) in [6.45, 7) is 0. The highest BCUT2D eigenvalue weighted by atomic mass is 15.1. The van der Waals surface area contributed by atoms with E-state index in [2.05, 4.69) is 179 Å². The van der Waals surface area contributed by atoms with Crippen LogP contribution < -0.4 is 0 Å². The van der Waals surface area contributed by atoms with Crippen molar-refractivity contribution in [2.24, 2.45) is 0 Å². The molecule has 10 aromatic rings. The molecule has 6 aromatic carbocycles. The molecule has 0 saturated carbocycles. The molecule has 50 heavy (non-hydrogen) atoms. The van der Waals surface area contributed by atoms with E-state index in [1.54, 1.807) is 0 Å². The van der Waals surface area contributed by atoms with Gasteiger partial charge in [0.15, 0.2) is 0 Å². The van der Waals surface area contributed by atoms with Crippen molar-refractivity contribution in [3.63, 3.8) is 0 Å². The lowest BCUT2D eigenvalue weighted by atomic mass is 10.0. The Kier molecular flexibility index (Phi) is 6.46. The zero-order valence-electron chi connectivity index (χ0n) is 27.1. The molecular weight excluding hydrogens is 609 g/mol. The summed E-state index contributed by atoms with van der Waals surface area (Å²) < 4.78 is 4.72. The summed E-state index contributed by atoms with van der Waals surface area (Å²) in [5.74, 6) is 0.851. The molecule has 0 bridgehead atoms. The molecule has 234 valence electrons. The molecule has 0 aliphatic carbocycles. The molecule has 0 radical (unpaired) electrons. The van der Waals surface area contributed by atoms with Crippen molar-refractivity contribution in [1.82, 2.24) is 19.1 Å². The Hall–Kier alpha value is -6.78. The molecule has 0 atom stereocenters. The zero-order chi connectivity index (χ0) is 33.0. The average molecular weight is 639 g/mol. The van der Waals surface area contributed by atoms with E-state index in [9.17, 15) is 0 Å². The third-order valence-electron chi connectivity index (χ3n) is 9.71. The number of nitrogens with zero attached hydrogens (tertiary/aromatic N) is 4. The fourth-order valence-electron chi connectivity index (χ4n) is 7.51. The van der Waals surface area contributed by atoms with Gasteiger partial charge < -0.3 is 4.57 Å². The minimum Gasteiger partial charge on any atom is -0.309 e. The molecule has 4 nitrogen and oxygen atoms in total. The van der Waals surface area contributed by atoms with Crippen molar-refractivity contribution in [2.45, 2.75) is 0 Å². The third-order valence-corrected chi connectivity index (χ3v) is 9.71. The number of pyridine rings is 2. The first kappa shape index (κ1) is 28.3. The molecule has 0 unspecified atom stereocenters. The first-order valence-corrected chi connectivity index (χ1v) is 16.9. The fourth-order valence-corrected chi connectivity index (χ4v) is 7.51. The maximum Gasteiger partial charge on any atom is 0.138 e. The van der Waals surface area contributed by atoms with Crippen LogP contribution in [0.3, 0.4) is 0 Å². The van der Waals surface area contributed by atoms with Gasteiger partial charge in [-0.3, -0.25) is 4.57 Å². The van der Waals surface area contributed by atoms with Crippen LogP contribution in [0, 0.1) is 0 Å². The molecule has 4 heterocycles. The molecule has 4 aromatic heterocycles. The van der Waals surface area contributed by atoms with Gasteiger partial charge in [-0.15, -0.1) is 0 Å². The predicted octanol–water partition coefficient (Wildman–Crippen LogP) is 11.7. The van der Waals surface area contributed by atoms with E-state index in [1.807, 2.05) is 12.1 Å². The Bertz CT molecular complexity index is 2790. The summed E-state index contributed by atoms with van der Waals surface area (Å²) in [4.78, 5) is 10.5. The SMILES string of the molecule is c1ccc(-c2cc(-c3ccccc3)nc(-c3cccc(-n4c5ccccc5c5c4ccc4c6ccccc6n(-c6ccccc6)c45)n3)c2)cc1. The molecule has 0 saturated heterocycles. The Labute approximate surface area is 289 Å². The molecular formula is C46H30N4. The number of hydrogen-bond donors (Lipinski definition) is 0. The first-order valence-electron chi connectivity index (χ1n) is 16.9. The standard InChI is InChI=1S/C46H30N4/c1-4-15-31(16-5-1)33-29-39(32-17-6-2-7-18-32)47-40(30-33)38-23-14-26-44(48-38)50-42-25-13-11-22-37(42)45-43(50)28-27-36-35-21-10-12-24-41(35)49(46(36)45)34-19-8-3-9-20-34/h1-30H. The van der Waals surface area contributed by atoms with Crippen molar-refractivity contribution in [3.8, 4) is 45.3 Å². The summed E-state index contributed by atoms with van der Waals surface area (Å²) in [5, 5.41) is 4.87. The van der Waals surface area contributed by atoms with Crippen LogP contribution in [0.25, 0.3) is 88.9 Å². The lowest BCUT2D eigenvalue weighted by molar-refractivity contribution is 1.08. The number of aromatic nitrogens is 4. The van der Waals surface area contributed by atoms with Crippen molar-refractivity contribution < 1.29 is 0 Å². The molecule has 0 aliphatic rings. The van der Waals surface area contributed by atoms with E-state index in [1.165, 1.54) is 32.6 Å². The van der Waals surface area contributed by atoms with Gasteiger partial charge in [-0.05, 0) is 65.7 Å². The summed E-state index contributed by atoms with van der Waals surface area (Å²) in [5.41, 5.74) is 11.6. The molecule has 0 fully saturated rings. The van der Waals surface area contributed by atoms with Gasteiger partial charge in [0, 0.05) is 32.8 Å². The van der Waals surface area contributed by atoms with Gasteiger partial charge in [-0.2, -0.15) is 0 Å². The number of hydrogen-bond acceptors (Lipinski definition) is 2. The lowest BCUT2D eigenvalue weighted by Gasteiger charge is -2.12. The average Bonchev–Trinajstić information content (AvgIpc) is 3.72. The monoisotopic (exact) mass is 638 g/mol. The normalized spacial score (nSPS) is 11.6. The van der Waals surface area contributed by atoms with Crippen molar-refractivity contribution in [1.29, 1.82) is 0 Å². The van der Waals surface area contributed by atoms with Crippen LogP contribution in [-0.4, -0.2) is 19.1 Å². The van der Waals surface area contributed by atoms with E-state index in [0.717, 1.165) is 56.3 Å². The summed E-state index contributed by atoms with van der Waals surface area (Å²) >= 11 is 0. The number of fused-ring (bicyclic) bond motifs is 7. The number of benzene rings is 6. The van der Waals surface area contributed by atoms with E-state index in [4.69, 9.17) is 9.97 Å². The van der Waals surface area contributed by atoms with Gasteiger partial charge in [0.1, 0.15) is 5.82 Å². The second-order valence-corrected chi connectivity index (χ2v) is 12.6. The summed E-state index contributed by atoms with van der Waals surface area (Å²) in [6.07, 6.45) is 0. The van der Waals surface area contributed by atoms with E-state index < -0.39 is 0 Å². The maximum atomic E-state index is 5.35. The number of para-hydroxylation sites is 3. The van der Waals surface area contributed by atoms with Crippen molar-refractivity contribution in [3.05, 3.63) is 182 Å². The van der Waals surface area contributed by atoms with Crippen LogP contribution >= 0.6 is 0 Å². The van der Waals surface area contributed by atoms with Gasteiger partial charge in [0.2, 0.25) is 0 Å². The minimum absolute atomic E-state index is 0.822. The minimum atomic E-state index is 0.822. The smallest absolute Gasteiger partial charge is 0.138 e. The molecule has 0 aliphatic heterocycles. The van der Waals surface area contributed by atoms with E-state index in [-0.39, 0.29) is 0 Å². The highest BCUT2D eigenvalue weighted by Crippen LogP contribution is 2.42. The van der Waals surface area contributed by atoms with Crippen LogP contribution in [0.4, 0.5) is 0 Å². The van der Waals surface area contributed by atoms with Crippen molar-refractivity contribution in [2.75, 3.05) is 0 Å². The molecule has 4 heteroatoms. The topological polar surface area (TPSA) is 35.6 Å². The number of rotatable bonds is 5. The van der Waals surface area contributed by atoms with Crippen LogP contribution in [0.15, 0.2) is 182 Å². The fraction of sp³-hybridized carbons (Fsp3) is 0. The Morgan fingerprint density at radius 3 is 1.72 bits per heavy atom. The largest absolute Gasteiger partial charge is 0.309 e. The molecule has 0 spiro atoms. The summed E-state index contributed by atoms with van der Waals surface area (Å²) in [7, 11) is 0. The summed E-state index contributed by atoms with van der Waals surface area (Å²) in [6, 6.07) is 64.0. The Balaban J connectivity index is 1.23. The highest BCUT2D eigenvalue weighted by Gasteiger charge is 2.21. The van der Waals surface area contributed by atoms with Crippen molar-refractivity contribution >= 4 is 43.6 Å². The van der Waals surface area contributed by atoms with Gasteiger partial charge in [-0.25, -0.2) is 9.97 Å². The predicted molar refractivity (Wildman–Crippen MR) is 207 cm³/mol. The lowest BCUT2D eigenvalue weighted by Crippen LogP contribution is -2.00. The van der Waals surface area contributed by atoms with Crippen LogP contribution in [-0.2, 0) is 0 Å². The van der Waals surface area contributed by atoms with Gasteiger partial charge in [0.25, 0.3) is 0 Å². The Morgan fingerprint density at radius 2 is 0.960 bits per heavy atom. The Morgan fingerprint density at radius 1 is 0.340 bits per heavy atom. The zero-order valence-corrected chi connectivity index (χ0v) is 27.1. The van der Waals surface area contributed by atoms with Gasteiger partial charge in [0.05, 0.1) is 39.1 Å². The van der Waals surface area contributed by atoms with Crippen LogP contribution in [0.1, 0.15) is 0 Å². The van der Waals surface area contributed by atoms with E-state index in [0.29, 0.717) is 0 Å². The molecule has 0 amide bonds. The quantitative estimate of drug-likeness (QED) is 0.188. The second kappa shape index (κ2) is 11.4. The van der Waals surface area contributed by atoms with Crippen LogP contribution in [0.5, 0.6) is 0 Å². The first-order chi connectivity index (χ1) is 24.8. The molecule has 0 N–H and O–H groups in total. The second-order valence-electron chi connectivity index (χ2n) is 12.6. The highest BCUT2D eigenvalue weighted by molar-refractivity contribution is 6.26. The molecule has 10 rings (SSSR count). The van der Waals surface area contributed by atoms with Gasteiger partial charge in [-0.1, -0.05) is 127 Å². The van der Waals surface area contributed by atoms with Crippen LogP contribution in [0.2, 0.25) is 0 Å².